The molecule has 0 heterocycles. The van der Waals surface area contributed by atoms with Crippen LogP contribution < -0.4 is 4.74 Å². The fraction of sp³-hybridized carbons (Fsp3) is 0.462. The third-order valence-electron chi connectivity index (χ3n) is 2.28. The highest BCUT2D eigenvalue weighted by molar-refractivity contribution is 5.90. The number of hydrogen-bond acceptors (Lipinski definition) is 2. The first kappa shape index (κ1) is 12.6. The summed E-state index contributed by atoms with van der Waals surface area (Å²) in [4.78, 5) is 11.0. The van der Waals surface area contributed by atoms with E-state index in [1.54, 1.807) is 6.07 Å². The Morgan fingerprint density at radius 2 is 2.06 bits per heavy atom. The predicted octanol–water partition coefficient (Wildman–Crippen LogP) is 3.13. The fourth-order valence-electron chi connectivity index (χ4n) is 1.52. The lowest BCUT2D eigenvalue weighted by Crippen LogP contribution is -2.04. The smallest absolute Gasteiger partial charge is 0.339 e. The van der Waals surface area contributed by atoms with Crippen molar-refractivity contribution in [2.24, 2.45) is 0 Å². The van der Waals surface area contributed by atoms with Gasteiger partial charge in [0, 0.05) is 0 Å². The first-order valence-electron chi connectivity index (χ1n) is 5.68. The number of hydrogen-bond donors (Lipinski definition) is 1. The second kappa shape index (κ2) is 6.16. The van der Waals surface area contributed by atoms with Crippen LogP contribution in [0.4, 0.5) is 0 Å². The number of aromatic carboxylic acids is 1. The third-order valence-corrected chi connectivity index (χ3v) is 2.28. The Bertz CT molecular complexity index is 358. The predicted molar refractivity (Wildman–Crippen MR) is 63.2 cm³/mol. The van der Waals surface area contributed by atoms with Gasteiger partial charge in [-0.15, -0.1) is 0 Å². The zero-order valence-corrected chi connectivity index (χ0v) is 9.82. The van der Waals surface area contributed by atoms with Crippen molar-refractivity contribution in [3.63, 3.8) is 0 Å². The summed E-state index contributed by atoms with van der Waals surface area (Å²) < 4.78 is 5.45. The van der Waals surface area contributed by atoms with Crippen molar-refractivity contribution in [2.45, 2.75) is 33.1 Å². The van der Waals surface area contributed by atoms with E-state index in [9.17, 15) is 4.79 Å². The van der Waals surface area contributed by atoms with E-state index in [-0.39, 0.29) is 5.56 Å². The van der Waals surface area contributed by atoms with Crippen molar-refractivity contribution < 1.29 is 14.6 Å². The van der Waals surface area contributed by atoms with Crippen LogP contribution in [-0.2, 0) is 6.42 Å². The highest BCUT2D eigenvalue weighted by Gasteiger charge is 2.11. The monoisotopic (exact) mass is 222 g/mol. The summed E-state index contributed by atoms with van der Waals surface area (Å²) in [6, 6.07) is 5.31. The number of rotatable bonds is 6. The van der Waals surface area contributed by atoms with Gasteiger partial charge in [0.2, 0.25) is 0 Å². The molecule has 0 saturated carbocycles. The molecule has 0 fully saturated rings. The van der Waals surface area contributed by atoms with Gasteiger partial charge in [-0.1, -0.05) is 26.3 Å². The molecule has 0 aliphatic heterocycles. The van der Waals surface area contributed by atoms with E-state index in [4.69, 9.17) is 9.84 Å². The largest absolute Gasteiger partial charge is 0.493 e. The third kappa shape index (κ3) is 3.26. The van der Waals surface area contributed by atoms with Crippen molar-refractivity contribution in [1.29, 1.82) is 0 Å². The lowest BCUT2D eigenvalue weighted by Gasteiger charge is -2.10. The Kier molecular flexibility index (Phi) is 4.83. The summed E-state index contributed by atoms with van der Waals surface area (Å²) in [7, 11) is 0. The molecule has 88 valence electrons. The Hall–Kier alpha value is -1.51. The van der Waals surface area contributed by atoms with Gasteiger partial charge in [0.05, 0.1) is 6.61 Å². The van der Waals surface area contributed by atoms with Crippen molar-refractivity contribution in [3.05, 3.63) is 29.3 Å². The van der Waals surface area contributed by atoms with Crippen LogP contribution >= 0.6 is 0 Å². The van der Waals surface area contributed by atoms with Crippen LogP contribution in [0.25, 0.3) is 0 Å². The van der Waals surface area contributed by atoms with E-state index >= 15 is 0 Å². The quantitative estimate of drug-likeness (QED) is 0.804. The normalized spacial score (nSPS) is 10.1. The molecule has 3 nitrogen and oxygen atoms in total. The average Bonchev–Trinajstić information content (AvgIpc) is 2.26. The van der Waals surface area contributed by atoms with E-state index in [0.29, 0.717) is 12.4 Å². The van der Waals surface area contributed by atoms with Crippen LogP contribution in [-0.4, -0.2) is 17.7 Å². The Morgan fingerprint density at radius 1 is 1.31 bits per heavy atom. The number of benzene rings is 1. The van der Waals surface area contributed by atoms with Gasteiger partial charge in [0.1, 0.15) is 11.3 Å². The number of carboxylic acids is 1. The van der Waals surface area contributed by atoms with Gasteiger partial charge < -0.3 is 9.84 Å². The van der Waals surface area contributed by atoms with Gasteiger partial charge in [0.15, 0.2) is 0 Å². The molecule has 0 aromatic heterocycles. The molecule has 0 aliphatic rings. The molecule has 1 aromatic carbocycles. The lowest BCUT2D eigenvalue weighted by atomic mass is 10.1. The first-order valence-corrected chi connectivity index (χ1v) is 5.68. The van der Waals surface area contributed by atoms with E-state index in [0.717, 1.165) is 24.8 Å². The first-order chi connectivity index (χ1) is 7.69. The van der Waals surface area contributed by atoms with Gasteiger partial charge in [-0.3, -0.25) is 0 Å². The van der Waals surface area contributed by atoms with Gasteiger partial charge in [-0.05, 0) is 30.5 Å². The zero-order valence-electron chi connectivity index (χ0n) is 9.82. The molecule has 1 aromatic rings. The maximum atomic E-state index is 11.0. The van der Waals surface area contributed by atoms with Crippen LogP contribution in [0.5, 0.6) is 5.75 Å². The number of carbonyl (C=O) groups is 1. The summed E-state index contributed by atoms with van der Waals surface area (Å²) in [5, 5.41) is 9.01. The molecule has 3 heteroatoms. The highest BCUT2D eigenvalue weighted by atomic mass is 16.5. The molecule has 0 unspecified atom stereocenters. The Morgan fingerprint density at radius 3 is 2.62 bits per heavy atom. The maximum Gasteiger partial charge on any atom is 0.339 e. The highest BCUT2D eigenvalue weighted by Crippen LogP contribution is 2.21. The van der Waals surface area contributed by atoms with Gasteiger partial charge >= 0.3 is 5.97 Å². The summed E-state index contributed by atoms with van der Waals surface area (Å²) in [6.45, 7) is 4.64. The Balaban J connectivity index is 2.95. The second-order valence-corrected chi connectivity index (χ2v) is 3.73. The SMILES string of the molecule is CCCOc1cc(CCC)ccc1C(=O)O. The molecule has 1 rings (SSSR count). The van der Waals surface area contributed by atoms with Crippen LogP contribution in [0.1, 0.15) is 42.6 Å². The van der Waals surface area contributed by atoms with Crippen molar-refractivity contribution in [3.8, 4) is 5.75 Å². The lowest BCUT2D eigenvalue weighted by molar-refractivity contribution is 0.0692. The average molecular weight is 222 g/mol. The molecule has 0 spiro atoms. The second-order valence-electron chi connectivity index (χ2n) is 3.73. The molecule has 0 aliphatic carbocycles. The summed E-state index contributed by atoms with van der Waals surface area (Å²) in [6.07, 6.45) is 2.86. The summed E-state index contributed by atoms with van der Waals surface area (Å²) in [5.74, 6) is -0.450. The minimum Gasteiger partial charge on any atom is -0.493 e. The number of ether oxygens (including phenoxy) is 1. The van der Waals surface area contributed by atoms with Crippen molar-refractivity contribution in [1.82, 2.24) is 0 Å². The maximum absolute atomic E-state index is 11.0. The molecular formula is C13H18O3. The fourth-order valence-corrected chi connectivity index (χ4v) is 1.52. The van der Waals surface area contributed by atoms with E-state index in [1.165, 1.54) is 0 Å². The number of carboxylic acid groups (broad SMARTS) is 1. The molecule has 0 radical (unpaired) electrons. The van der Waals surface area contributed by atoms with Crippen LogP contribution in [0.2, 0.25) is 0 Å². The molecule has 0 amide bonds. The number of aryl methyl sites for hydroxylation is 1. The van der Waals surface area contributed by atoms with E-state index < -0.39 is 5.97 Å². The zero-order chi connectivity index (χ0) is 12.0. The summed E-state index contributed by atoms with van der Waals surface area (Å²) in [5.41, 5.74) is 1.37. The van der Waals surface area contributed by atoms with Gasteiger partial charge in [0.25, 0.3) is 0 Å². The van der Waals surface area contributed by atoms with Crippen molar-refractivity contribution >= 4 is 5.97 Å². The Labute approximate surface area is 96.1 Å². The molecule has 0 bridgehead atoms. The minimum atomic E-state index is -0.936. The van der Waals surface area contributed by atoms with Gasteiger partial charge in [-0.25, -0.2) is 4.79 Å². The van der Waals surface area contributed by atoms with E-state index in [1.807, 2.05) is 19.1 Å². The van der Waals surface area contributed by atoms with Crippen LogP contribution in [0.3, 0.4) is 0 Å². The molecule has 0 saturated heterocycles. The summed E-state index contributed by atoms with van der Waals surface area (Å²) >= 11 is 0. The minimum absolute atomic E-state index is 0.244. The van der Waals surface area contributed by atoms with Gasteiger partial charge in [-0.2, -0.15) is 0 Å². The molecule has 16 heavy (non-hydrogen) atoms. The topological polar surface area (TPSA) is 46.5 Å². The standard InChI is InChI=1S/C13H18O3/c1-3-5-10-6-7-11(13(14)15)12(9-10)16-8-4-2/h6-7,9H,3-5,8H2,1-2H3,(H,14,15). The van der Waals surface area contributed by atoms with Crippen LogP contribution in [0.15, 0.2) is 18.2 Å². The molecule has 0 atom stereocenters. The molecule has 1 N–H and O–H groups in total. The van der Waals surface area contributed by atoms with Crippen LogP contribution in [0, 0.1) is 0 Å². The van der Waals surface area contributed by atoms with E-state index in [2.05, 4.69) is 6.92 Å². The molecular weight excluding hydrogens is 204 g/mol. The van der Waals surface area contributed by atoms with Crippen molar-refractivity contribution in [2.75, 3.05) is 6.61 Å².